The molecule has 3 rings (SSSR count). The Labute approximate surface area is 149 Å². The zero-order chi connectivity index (χ0) is 19.8. The highest BCUT2D eigenvalue weighted by molar-refractivity contribution is 5.41. The van der Waals surface area contributed by atoms with Gasteiger partial charge in [0, 0.05) is 11.8 Å². The summed E-state index contributed by atoms with van der Waals surface area (Å²) in [5.74, 6) is -1.47. The number of hydrogen-bond acceptors (Lipinski definition) is 4. The van der Waals surface area contributed by atoms with E-state index in [4.69, 9.17) is 0 Å². The maximum atomic E-state index is 13.8. The minimum absolute atomic E-state index is 0.129. The third-order valence-corrected chi connectivity index (χ3v) is 3.88. The molecule has 2 heterocycles. The van der Waals surface area contributed by atoms with Gasteiger partial charge in [0.2, 0.25) is 5.88 Å². The number of aromatic nitrogens is 3. The summed E-state index contributed by atoms with van der Waals surface area (Å²) in [4.78, 5) is 16.3. The topological polar surface area (TPSA) is 69.3 Å². The van der Waals surface area contributed by atoms with Crippen LogP contribution in [0.25, 0.3) is 5.69 Å². The van der Waals surface area contributed by atoms with E-state index in [1.54, 1.807) is 0 Å². The first-order chi connectivity index (χ1) is 12.7. The van der Waals surface area contributed by atoms with Crippen LogP contribution in [0.2, 0.25) is 0 Å². The van der Waals surface area contributed by atoms with E-state index >= 15 is 0 Å². The quantitative estimate of drug-likeness (QED) is 0.703. The summed E-state index contributed by atoms with van der Waals surface area (Å²) in [6.45, 7) is 1.32. The molecule has 6 nitrogen and oxygen atoms in total. The summed E-state index contributed by atoms with van der Waals surface area (Å²) in [6, 6.07) is 5.82. The predicted molar refractivity (Wildman–Crippen MR) is 86.4 cm³/mol. The number of nitrogens with zero attached hydrogens (tertiary/aromatic N) is 3. The molecule has 0 saturated carbocycles. The predicted octanol–water partition coefficient (Wildman–Crippen LogP) is 3.13. The number of rotatable bonds is 4. The first kappa shape index (κ1) is 18.5. The van der Waals surface area contributed by atoms with E-state index in [2.05, 4.69) is 9.72 Å². The van der Waals surface area contributed by atoms with Crippen LogP contribution in [-0.4, -0.2) is 25.6 Å². The largest absolute Gasteiger partial charge is 0.573 e. The second-order valence-corrected chi connectivity index (χ2v) is 5.62. The van der Waals surface area contributed by atoms with Gasteiger partial charge in [-0.25, -0.2) is 13.8 Å². The van der Waals surface area contributed by atoms with Gasteiger partial charge >= 0.3 is 12.1 Å². The van der Waals surface area contributed by atoms with E-state index in [9.17, 15) is 27.5 Å². The highest BCUT2D eigenvalue weighted by atomic mass is 19.4. The molecule has 0 radical (unpaired) electrons. The number of benzene rings is 1. The van der Waals surface area contributed by atoms with Gasteiger partial charge in [-0.2, -0.15) is 0 Å². The number of imidazole rings is 1. The Balaban J connectivity index is 1.98. The third-order valence-electron chi connectivity index (χ3n) is 3.88. The van der Waals surface area contributed by atoms with E-state index in [0.717, 1.165) is 27.5 Å². The maximum absolute atomic E-state index is 13.8. The van der Waals surface area contributed by atoms with Crippen molar-refractivity contribution in [2.75, 3.05) is 0 Å². The van der Waals surface area contributed by atoms with Crippen LogP contribution in [0.15, 0.2) is 47.5 Å². The van der Waals surface area contributed by atoms with Gasteiger partial charge in [-0.05, 0) is 37.3 Å². The molecule has 10 heteroatoms. The zero-order valence-electron chi connectivity index (χ0n) is 13.9. The average molecular weight is 383 g/mol. The van der Waals surface area contributed by atoms with Crippen LogP contribution in [0.5, 0.6) is 11.6 Å². The molecule has 3 aromatic rings. The summed E-state index contributed by atoms with van der Waals surface area (Å²) >= 11 is 0. The summed E-state index contributed by atoms with van der Waals surface area (Å²) < 4.78 is 56.3. The van der Waals surface area contributed by atoms with E-state index in [1.165, 1.54) is 31.3 Å². The molecule has 1 aromatic carbocycles. The monoisotopic (exact) mass is 383 g/mol. The van der Waals surface area contributed by atoms with E-state index in [-0.39, 0.29) is 23.5 Å². The van der Waals surface area contributed by atoms with Gasteiger partial charge in [0.05, 0.1) is 24.1 Å². The summed E-state index contributed by atoms with van der Waals surface area (Å²) in [6.07, 6.45) is -2.46. The molecule has 0 saturated heterocycles. The zero-order valence-corrected chi connectivity index (χ0v) is 13.9. The fourth-order valence-corrected chi connectivity index (χ4v) is 2.56. The number of pyridine rings is 1. The minimum atomic E-state index is -4.84. The van der Waals surface area contributed by atoms with Gasteiger partial charge in [0.25, 0.3) is 0 Å². The van der Waals surface area contributed by atoms with Crippen molar-refractivity contribution in [1.29, 1.82) is 0 Å². The highest BCUT2D eigenvalue weighted by Crippen LogP contribution is 2.26. The van der Waals surface area contributed by atoms with Crippen molar-refractivity contribution < 1.29 is 27.4 Å². The molecule has 0 bridgehead atoms. The Morgan fingerprint density at radius 1 is 1.19 bits per heavy atom. The molecule has 0 aliphatic rings. The third kappa shape index (κ3) is 3.78. The van der Waals surface area contributed by atoms with Crippen LogP contribution in [0, 0.1) is 12.7 Å². The van der Waals surface area contributed by atoms with Crippen LogP contribution in [0.4, 0.5) is 17.6 Å². The van der Waals surface area contributed by atoms with Gasteiger partial charge in [0.1, 0.15) is 11.6 Å². The molecular weight excluding hydrogens is 370 g/mol. The van der Waals surface area contributed by atoms with Crippen molar-refractivity contribution in [3.63, 3.8) is 0 Å². The second kappa shape index (κ2) is 6.78. The van der Waals surface area contributed by atoms with Crippen molar-refractivity contribution in [3.8, 4) is 17.3 Å². The smallest absolute Gasteiger partial charge is 0.493 e. The summed E-state index contributed by atoms with van der Waals surface area (Å²) in [5, 5.41) is 10.3. The molecule has 0 unspecified atom stereocenters. The molecule has 2 aromatic heterocycles. The van der Waals surface area contributed by atoms with Crippen molar-refractivity contribution in [3.05, 3.63) is 70.3 Å². The number of ether oxygens (including phenoxy) is 1. The van der Waals surface area contributed by atoms with Crippen molar-refractivity contribution in [2.24, 2.45) is 0 Å². The summed E-state index contributed by atoms with van der Waals surface area (Å²) in [5.41, 5.74) is -0.178. The second-order valence-electron chi connectivity index (χ2n) is 5.62. The van der Waals surface area contributed by atoms with E-state index in [0.29, 0.717) is 0 Å². The molecule has 0 aliphatic heterocycles. The van der Waals surface area contributed by atoms with Gasteiger partial charge in [-0.3, -0.25) is 9.55 Å². The number of aromatic hydroxyl groups is 1. The van der Waals surface area contributed by atoms with Crippen LogP contribution in [-0.2, 0) is 6.54 Å². The van der Waals surface area contributed by atoms with Crippen LogP contribution < -0.4 is 10.4 Å². The Morgan fingerprint density at radius 3 is 2.44 bits per heavy atom. The molecule has 1 N–H and O–H groups in total. The molecule has 0 fully saturated rings. The Morgan fingerprint density at radius 2 is 1.85 bits per heavy atom. The van der Waals surface area contributed by atoms with Crippen LogP contribution >= 0.6 is 0 Å². The van der Waals surface area contributed by atoms with E-state index < -0.39 is 29.5 Å². The maximum Gasteiger partial charge on any atom is 0.573 e. The normalized spacial score (nSPS) is 11.6. The molecule has 0 amide bonds. The Kier molecular flexibility index (Phi) is 4.64. The molecule has 0 aliphatic carbocycles. The molecule has 142 valence electrons. The van der Waals surface area contributed by atoms with Gasteiger partial charge in [0.15, 0.2) is 0 Å². The Bertz CT molecular complexity index is 1020. The lowest BCUT2D eigenvalue weighted by atomic mass is 10.2. The first-order valence-electron chi connectivity index (χ1n) is 7.63. The fourth-order valence-electron chi connectivity index (χ4n) is 2.56. The SMILES string of the molecule is Cc1c(O)n(-c2ccc(OC(F)(F)F)cc2)c(=O)n1Cc1ccncc1F. The minimum Gasteiger partial charge on any atom is -0.493 e. The van der Waals surface area contributed by atoms with Crippen LogP contribution in [0.3, 0.4) is 0 Å². The first-order valence-corrected chi connectivity index (χ1v) is 7.63. The molecule has 27 heavy (non-hydrogen) atoms. The van der Waals surface area contributed by atoms with Crippen molar-refractivity contribution >= 4 is 0 Å². The lowest BCUT2D eigenvalue weighted by molar-refractivity contribution is -0.274. The fraction of sp³-hybridized carbons (Fsp3) is 0.176. The van der Waals surface area contributed by atoms with Gasteiger partial charge < -0.3 is 9.84 Å². The summed E-state index contributed by atoms with van der Waals surface area (Å²) in [7, 11) is 0. The highest BCUT2D eigenvalue weighted by Gasteiger charge is 2.31. The van der Waals surface area contributed by atoms with E-state index in [1.807, 2.05) is 0 Å². The van der Waals surface area contributed by atoms with Crippen molar-refractivity contribution in [1.82, 2.24) is 14.1 Å². The number of hydrogen-bond donors (Lipinski definition) is 1. The lowest BCUT2D eigenvalue weighted by Crippen LogP contribution is -2.24. The molecular formula is C17H13F4N3O3. The molecule has 0 spiro atoms. The van der Waals surface area contributed by atoms with Crippen LogP contribution in [0.1, 0.15) is 11.3 Å². The van der Waals surface area contributed by atoms with Crippen molar-refractivity contribution in [2.45, 2.75) is 19.8 Å². The Hall–Kier alpha value is -3.30. The van der Waals surface area contributed by atoms with Gasteiger partial charge in [-0.1, -0.05) is 0 Å². The number of alkyl halides is 3. The average Bonchev–Trinajstić information content (AvgIpc) is 2.80. The lowest BCUT2D eigenvalue weighted by Gasteiger charge is -2.09. The number of halogens is 4. The standard InChI is InChI=1S/C17H13F4N3O3/c1-10-15(25)24(12-2-4-13(5-3-12)27-17(19,20)21)16(26)23(10)9-11-6-7-22-8-14(11)18/h2-8,25H,9H2,1H3. The molecule has 0 atom stereocenters. The van der Waals surface area contributed by atoms with Gasteiger partial charge in [-0.15, -0.1) is 13.2 Å².